The number of aliphatic hydroxyl groups is 1. The maximum atomic E-state index is 9.14. The average Bonchev–Trinajstić information content (AvgIpc) is 2.94. The van der Waals surface area contributed by atoms with Gasteiger partial charge in [-0.3, -0.25) is 4.99 Å². The van der Waals surface area contributed by atoms with E-state index in [1.165, 1.54) is 57.8 Å². The summed E-state index contributed by atoms with van der Waals surface area (Å²) in [7, 11) is 0. The fraction of sp³-hybridized carbons (Fsp3) is 0.938. The van der Waals surface area contributed by atoms with E-state index in [1.807, 2.05) is 0 Å². The van der Waals surface area contributed by atoms with Gasteiger partial charge in [0.05, 0.1) is 12.4 Å². The van der Waals surface area contributed by atoms with E-state index < -0.39 is 0 Å². The molecule has 2 N–H and O–H groups in total. The smallest absolute Gasteiger partial charge is 0.0996 e. The Hall–Kier alpha value is -0.570. The molecular formula is C16H32N2O. The highest BCUT2D eigenvalue weighted by Gasteiger charge is 2.17. The molecule has 0 aliphatic carbocycles. The van der Waals surface area contributed by atoms with Crippen LogP contribution in [0, 0.1) is 5.92 Å². The molecule has 1 atom stereocenters. The topological polar surface area (TPSA) is 44.6 Å². The predicted molar refractivity (Wildman–Crippen MR) is 82.7 cm³/mol. The van der Waals surface area contributed by atoms with Gasteiger partial charge in [-0.15, -0.1) is 0 Å². The minimum Gasteiger partial charge on any atom is -0.396 e. The van der Waals surface area contributed by atoms with Crippen molar-refractivity contribution in [3.05, 3.63) is 0 Å². The fourth-order valence-corrected chi connectivity index (χ4v) is 2.79. The first kappa shape index (κ1) is 16.5. The minimum absolute atomic E-state index is 0.280. The van der Waals surface area contributed by atoms with E-state index in [0.717, 1.165) is 25.3 Å². The Kier molecular flexibility index (Phi) is 9.78. The summed E-state index contributed by atoms with van der Waals surface area (Å²) < 4.78 is 0. The van der Waals surface area contributed by atoms with Gasteiger partial charge in [-0.2, -0.15) is 0 Å². The van der Waals surface area contributed by atoms with E-state index in [4.69, 9.17) is 5.11 Å². The lowest BCUT2D eigenvalue weighted by atomic mass is 9.96. The lowest BCUT2D eigenvalue weighted by Gasteiger charge is -2.16. The third kappa shape index (κ3) is 7.56. The SMILES string of the molecule is CCCCCCCCCCC(CCO)C1=NCCN1. The number of aliphatic imine (C=N–C) groups is 1. The first-order valence-corrected chi connectivity index (χ1v) is 8.27. The Bertz CT molecular complexity index is 241. The van der Waals surface area contributed by atoms with Crippen molar-refractivity contribution in [1.82, 2.24) is 5.32 Å². The summed E-state index contributed by atoms with van der Waals surface area (Å²) >= 11 is 0. The highest BCUT2D eigenvalue weighted by Crippen LogP contribution is 2.17. The molecule has 0 aromatic carbocycles. The van der Waals surface area contributed by atoms with E-state index in [2.05, 4.69) is 17.2 Å². The number of aliphatic hydroxyl groups excluding tert-OH is 1. The maximum absolute atomic E-state index is 9.14. The number of hydrogen-bond donors (Lipinski definition) is 2. The summed E-state index contributed by atoms with van der Waals surface area (Å²) in [6.45, 7) is 4.44. The van der Waals surface area contributed by atoms with Crippen molar-refractivity contribution in [2.24, 2.45) is 10.9 Å². The number of nitrogens with zero attached hydrogens (tertiary/aromatic N) is 1. The molecule has 0 radical (unpaired) electrons. The monoisotopic (exact) mass is 268 g/mol. The van der Waals surface area contributed by atoms with Gasteiger partial charge in [0.15, 0.2) is 0 Å². The van der Waals surface area contributed by atoms with Crippen LogP contribution in [0.4, 0.5) is 0 Å². The van der Waals surface area contributed by atoms with Crippen LogP contribution in [0.3, 0.4) is 0 Å². The van der Waals surface area contributed by atoms with Crippen molar-refractivity contribution in [1.29, 1.82) is 0 Å². The van der Waals surface area contributed by atoms with E-state index in [0.29, 0.717) is 5.92 Å². The maximum Gasteiger partial charge on any atom is 0.0996 e. The third-order valence-corrected chi connectivity index (χ3v) is 3.97. The number of unbranched alkanes of at least 4 members (excludes halogenated alkanes) is 7. The normalized spacial score (nSPS) is 16.2. The first-order valence-electron chi connectivity index (χ1n) is 8.27. The predicted octanol–water partition coefficient (Wildman–Crippen LogP) is 3.52. The van der Waals surface area contributed by atoms with E-state index in [1.54, 1.807) is 0 Å². The van der Waals surface area contributed by atoms with Crippen molar-refractivity contribution in [3.63, 3.8) is 0 Å². The molecule has 0 saturated heterocycles. The van der Waals surface area contributed by atoms with Gasteiger partial charge in [0, 0.05) is 19.1 Å². The average molecular weight is 268 g/mol. The zero-order chi connectivity index (χ0) is 13.8. The van der Waals surface area contributed by atoms with Crippen molar-refractivity contribution in [2.75, 3.05) is 19.7 Å². The molecule has 1 heterocycles. The molecule has 1 aliphatic rings. The molecule has 1 unspecified atom stereocenters. The highest BCUT2D eigenvalue weighted by molar-refractivity contribution is 5.85. The van der Waals surface area contributed by atoms with Crippen LogP contribution in [0.15, 0.2) is 4.99 Å². The highest BCUT2D eigenvalue weighted by atomic mass is 16.3. The fourth-order valence-electron chi connectivity index (χ4n) is 2.79. The van der Waals surface area contributed by atoms with Crippen LogP contribution in [0.25, 0.3) is 0 Å². The summed E-state index contributed by atoms with van der Waals surface area (Å²) in [4.78, 5) is 4.50. The van der Waals surface area contributed by atoms with Gasteiger partial charge in [-0.25, -0.2) is 0 Å². The zero-order valence-corrected chi connectivity index (χ0v) is 12.7. The molecule has 0 aromatic heterocycles. The number of amidine groups is 1. The Labute approximate surface area is 118 Å². The van der Waals surface area contributed by atoms with Crippen molar-refractivity contribution in [2.45, 2.75) is 71.1 Å². The molecule has 0 bridgehead atoms. The second-order valence-corrected chi connectivity index (χ2v) is 5.67. The van der Waals surface area contributed by atoms with Crippen LogP contribution in [-0.4, -0.2) is 30.6 Å². The lowest BCUT2D eigenvalue weighted by molar-refractivity contribution is 0.268. The Morgan fingerprint density at radius 1 is 1.05 bits per heavy atom. The number of nitrogens with one attached hydrogen (secondary N) is 1. The summed E-state index contributed by atoms with van der Waals surface area (Å²) in [5.41, 5.74) is 0. The molecule has 3 heteroatoms. The van der Waals surface area contributed by atoms with Crippen molar-refractivity contribution >= 4 is 5.84 Å². The second kappa shape index (κ2) is 11.3. The Morgan fingerprint density at radius 3 is 2.32 bits per heavy atom. The van der Waals surface area contributed by atoms with Crippen molar-refractivity contribution < 1.29 is 5.11 Å². The van der Waals surface area contributed by atoms with Crippen LogP contribution in [0.1, 0.15) is 71.1 Å². The standard InChI is InChI=1S/C16H32N2O/c1-2-3-4-5-6-7-8-9-10-15(11-14-19)16-17-12-13-18-16/h15,19H,2-14H2,1H3,(H,17,18). The van der Waals surface area contributed by atoms with Gasteiger partial charge < -0.3 is 10.4 Å². The molecule has 3 nitrogen and oxygen atoms in total. The van der Waals surface area contributed by atoms with E-state index in [9.17, 15) is 0 Å². The molecule has 112 valence electrons. The third-order valence-electron chi connectivity index (χ3n) is 3.97. The molecule has 1 aliphatic heterocycles. The van der Waals surface area contributed by atoms with Crippen molar-refractivity contribution in [3.8, 4) is 0 Å². The molecule has 0 amide bonds. The lowest BCUT2D eigenvalue weighted by Crippen LogP contribution is -2.27. The molecule has 0 fully saturated rings. The molecular weight excluding hydrogens is 236 g/mol. The molecule has 0 saturated carbocycles. The van der Waals surface area contributed by atoms with Gasteiger partial charge in [-0.05, 0) is 12.8 Å². The first-order chi connectivity index (χ1) is 9.38. The van der Waals surface area contributed by atoms with E-state index >= 15 is 0 Å². The van der Waals surface area contributed by atoms with Gasteiger partial charge in [0.2, 0.25) is 0 Å². The van der Waals surface area contributed by atoms with Gasteiger partial charge >= 0.3 is 0 Å². The van der Waals surface area contributed by atoms with Crippen LogP contribution >= 0.6 is 0 Å². The van der Waals surface area contributed by atoms with E-state index in [-0.39, 0.29) is 6.61 Å². The van der Waals surface area contributed by atoms with Crippen LogP contribution < -0.4 is 5.32 Å². The van der Waals surface area contributed by atoms with Crippen LogP contribution in [-0.2, 0) is 0 Å². The Balaban J connectivity index is 2.02. The largest absolute Gasteiger partial charge is 0.396 e. The number of rotatable bonds is 12. The van der Waals surface area contributed by atoms with Gasteiger partial charge in [-0.1, -0.05) is 58.3 Å². The summed E-state index contributed by atoms with van der Waals surface area (Å²) in [5, 5.41) is 12.5. The molecule has 0 aromatic rings. The summed E-state index contributed by atoms with van der Waals surface area (Å²) in [6.07, 6.45) is 13.0. The summed E-state index contributed by atoms with van der Waals surface area (Å²) in [6, 6.07) is 0. The zero-order valence-electron chi connectivity index (χ0n) is 12.7. The van der Waals surface area contributed by atoms with Crippen LogP contribution in [0.5, 0.6) is 0 Å². The quantitative estimate of drug-likeness (QED) is 0.532. The molecule has 1 rings (SSSR count). The second-order valence-electron chi connectivity index (χ2n) is 5.67. The Morgan fingerprint density at radius 2 is 1.74 bits per heavy atom. The summed E-state index contributed by atoms with van der Waals surface area (Å²) in [5.74, 6) is 1.62. The number of hydrogen-bond acceptors (Lipinski definition) is 3. The molecule has 0 spiro atoms. The molecule has 19 heavy (non-hydrogen) atoms. The minimum atomic E-state index is 0.280. The van der Waals surface area contributed by atoms with Crippen LogP contribution in [0.2, 0.25) is 0 Å². The van der Waals surface area contributed by atoms with Gasteiger partial charge in [0.25, 0.3) is 0 Å². The van der Waals surface area contributed by atoms with Gasteiger partial charge in [0.1, 0.15) is 0 Å².